The van der Waals surface area contributed by atoms with Crippen LogP contribution in [0.1, 0.15) is 27.8 Å². The van der Waals surface area contributed by atoms with Crippen molar-refractivity contribution in [3.8, 4) is 62.7 Å². The minimum atomic E-state index is 0.555. The zero-order chi connectivity index (χ0) is 42.1. The molecule has 0 aliphatic heterocycles. The Balaban J connectivity index is 1.26. The molecule has 0 fully saturated rings. The van der Waals surface area contributed by atoms with Crippen LogP contribution < -0.4 is 0 Å². The first-order chi connectivity index (χ1) is 30.3. The van der Waals surface area contributed by atoms with Crippen molar-refractivity contribution in [1.82, 2.24) is 24.1 Å². The molecular formula is C56H40N6. The first-order valence-electron chi connectivity index (χ1n) is 20.9. The molecule has 6 nitrogen and oxygen atoms in total. The Labute approximate surface area is 359 Å². The maximum Gasteiger partial charge on any atom is 0.164 e. The van der Waals surface area contributed by atoms with Crippen molar-refractivity contribution in [3.05, 3.63) is 198 Å². The summed E-state index contributed by atoms with van der Waals surface area (Å²) in [5.41, 5.74) is 16.2. The van der Waals surface area contributed by atoms with Gasteiger partial charge in [0.2, 0.25) is 0 Å². The van der Waals surface area contributed by atoms with E-state index < -0.39 is 0 Å². The summed E-state index contributed by atoms with van der Waals surface area (Å²) in [6.07, 6.45) is 0. The molecular weight excluding hydrogens is 757 g/mol. The van der Waals surface area contributed by atoms with E-state index in [1.54, 1.807) is 0 Å². The van der Waals surface area contributed by atoms with Crippen molar-refractivity contribution in [3.63, 3.8) is 0 Å². The molecule has 0 saturated carbocycles. The third-order valence-corrected chi connectivity index (χ3v) is 12.0. The van der Waals surface area contributed by atoms with E-state index in [-0.39, 0.29) is 0 Å². The lowest BCUT2D eigenvalue weighted by Crippen LogP contribution is -2.04. The summed E-state index contributed by atoms with van der Waals surface area (Å²) >= 11 is 0. The standard InChI is InChI=1S/C56H40N6/c1-34-15-21-48-42(27-34)43-28-35(2)16-22-49(43)61(48)52-25-19-38(33-57)31-46(52)47-32-41(56-59-54(39-11-7-5-8-12-39)58-55(60-56)40-13-9-6-10-14-40)20-26-53(47)62-50-23-17-36(3)29-44(50)45-30-37(4)18-24-51(45)62/h5-32H,1-4H3. The summed E-state index contributed by atoms with van der Waals surface area (Å²) < 4.78 is 4.74. The van der Waals surface area contributed by atoms with Crippen LogP contribution in [0.5, 0.6) is 0 Å². The molecule has 0 bridgehead atoms. The smallest absolute Gasteiger partial charge is 0.164 e. The molecule has 294 valence electrons. The van der Waals surface area contributed by atoms with E-state index in [0.717, 1.165) is 61.3 Å². The van der Waals surface area contributed by atoms with Crippen LogP contribution in [0.15, 0.2) is 170 Å². The third kappa shape index (κ3) is 6.14. The number of aromatic nitrogens is 5. The highest BCUT2D eigenvalue weighted by Crippen LogP contribution is 2.43. The van der Waals surface area contributed by atoms with Gasteiger partial charge in [0.1, 0.15) is 0 Å². The van der Waals surface area contributed by atoms with Crippen LogP contribution >= 0.6 is 0 Å². The molecule has 0 saturated heterocycles. The second-order valence-electron chi connectivity index (χ2n) is 16.4. The zero-order valence-electron chi connectivity index (χ0n) is 34.8. The molecule has 0 atom stereocenters. The van der Waals surface area contributed by atoms with Gasteiger partial charge in [-0.05, 0) is 113 Å². The highest BCUT2D eigenvalue weighted by molar-refractivity contribution is 6.12. The number of benzene rings is 8. The van der Waals surface area contributed by atoms with Crippen LogP contribution in [0.25, 0.3) is 100 Å². The van der Waals surface area contributed by atoms with Crippen LogP contribution in [-0.2, 0) is 0 Å². The molecule has 8 aromatic carbocycles. The summed E-state index contributed by atoms with van der Waals surface area (Å²) in [5, 5.41) is 15.3. The normalized spacial score (nSPS) is 11.5. The fourth-order valence-corrected chi connectivity index (χ4v) is 9.06. The molecule has 11 aromatic rings. The van der Waals surface area contributed by atoms with Crippen molar-refractivity contribution in [2.24, 2.45) is 0 Å². The fourth-order valence-electron chi connectivity index (χ4n) is 9.06. The van der Waals surface area contributed by atoms with E-state index >= 15 is 0 Å². The first kappa shape index (κ1) is 36.9. The van der Waals surface area contributed by atoms with Gasteiger partial charge in [-0.2, -0.15) is 5.26 Å². The summed E-state index contributed by atoms with van der Waals surface area (Å²) in [6, 6.07) is 61.9. The van der Waals surface area contributed by atoms with Gasteiger partial charge in [0.05, 0.1) is 45.1 Å². The Bertz CT molecular complexity index is 3450. The van der Waals surface area contributed by atoms with Gasteiger partial charge in [0.15, 0.2) is 17.5 Å². The minimum absolute atomic E-state index is 0.555. The number of nitrogens with zero attached hydrogens (tertiary/aromatic N) is 6. The molecule has 0 spiro atoms. The van der Waals surface area contributed by atoms with Gasteiger partial charge < -0.3 is 9.13 Å². The SMILES string of the molecule is Cc1ccc2c(c1)c1cc(C)ccc1n2-c1ccc(C#N)cc1-c1cc(-c2nc(-c3ccccc3)nc(-c3ccccc3)n2)ccc1-n1c2ccc(C)cc2c2cc(C)ccc21. The Morgan fingerprint density at radius 1 is 0.371 bits per heavy atom. The summed E-state index contributed by atoms with van der Waals surface area (Å²) in [4.78, 5) is 15.3. The average molecular weight is 797 g/mol. The van der Waals surface area contributed by atoms with Gasteiger partial charge >= 0.3 is 0 Å². The molecule has 6 heteroatoms. The van der Waals surface area contributed by atoms with Gasteiger partial charge in [0.25, 0.3) is 0 Å². The average Bonchev–Trinajstić information content (AvgIpc) is 3.79. The van der Waals surface area contributed by atoms with E-state index in [2.05, 4.69) is 140 Å². The number of hydrogen-bond acceptors (Lipinski definition) is 4. The second-order valence-corrected chi connectivity index (χ2v) is 16.4. The quantitative estimate of drug-likeness (QED) is 0.168. The molecule has 3 heterocycles. The Kier molecular flexibility index (Phi) is 8.66. The summed E-state index contributed by atoms with van der Waals surface area (Å²) in [6.45, 7) is 8.58. The van der Waals surface area contributed by atoms with Crippen LogP contribution in [0.4, 0.5) is 0 Å². The first-order valence-corrected chi connectivity index (χ1v) is 20.9. The van der Waals surface area contributed by atoms with Crippen LogP contribution in [0.2, 0.25) is 0 Å². The van der Waals surface area contributed by atoms with Crippen molar-refractivity contribution in [1.29, 1.82) is 5.26 Å². The molecule has 0 radical (unpaired) electrons. The number of aryl methyl sites for hydroxylation is 4. The number of hydrogen-bond donors (Lipinski definition) is 0. The number of rotatable bonds is 6. The van der Waals surface area contributed by atoms with Crippen molar-refractivity contribution in [2.45, 2.75) is 27.7 Å². The van der Waals surface area contributed by atoms with Crippen LogP contribution in [0, 0.1) is 39.0 Å². The molecule has 3 aromatic heterocycles. The van der Waals surface area contributed by atoms with Gasteiger partial charge in [-0.15, -0.1) is 0 Å². The highest BCUT2D eigenvalue weighted by atomic mass is 15.0. The van der Waals surface area contributed by atoms with E-state index in [1.807, 2.05) is 72.8 Å². The Morgan fingerprint density at radius 2 is 0.742 bits per heavy atom. The van der Waals surface area contributed by atoms with Crippen molar-refractivity contribution >= 4 is 43.6 Å². The van der Waals surface area contributed by atoms with Gasteiger partial charge in [-0.1, -0.05) is 107 Å². The molecule has 0 aliphatic carbocycles. The van der Waals surface area contributed by atoms with Crippen LogP contribution in [-0.4, -0.2) is 24.1 Å². The maximum absolute atomic E-state index is 10.5. The zero-order valence-corrected chi connectivity index (χ0v) is 34.8. The fraction of sp³-hybridized carbons (Fsp3) is 0.0714. The number of nitriles is 1. The highest BCUT2D eigenvalue weighted by Gasteiger charge is 2.23. The molecule has 0 unspecified atom stereocenters. The predicted octanol–water partition coefficient (Wildman–Crippen LogP) is 13.8. The largest absolute Gasteiger partial charge is 0.309 e. The van der Waals surface area contributed by atoms with E-state index in [0.29, 0.717) is 23.0 Å². The molecule has 0 N–H and O–H groups in total. The van der Waals surface area contributed by atoms with Gasteiger partial charge in [-0.3, -0.25) is 0 Å². The lowest BCUT2D eigenvalue weighted by atomic mass is 9.96. The van der Waals surface area contributed by atoms with Gasteiger partial charge in [-0.25, -0.2) is 15.0 Å². The molecule has 11 rings (SSSR count). The topological polar surface area (TPSA) is 72.3 Å². The van der Waals surface area contributed by atoms with Crippen molar-refractivity contribution < 1.29 is 0 Å². The van der Waals surface area contributed by atoms with E-state index in [4.69, 9.17) is 15.0 Å². The Hall–Kier alpha value is -8.14. The molecule has 0 amide bonds. The van der Waals surface area contributed by atoms with E-state index in [9.17, 15) is 5.26 Å². The lowest BCUT2D eigenvalue weighted by Gasteiger charge is -2.20. The Morgan fingerprint density at radius 3 is 1.15 bits per heavy atom. The number of fused-ring (bicyclic) bond motifs is 6. The molecule has 62 heavy (non-hydrogen) atoms. The van der Waals surface area contributed by atoms with Crippen LogP contribution in [0.3, 0.4) is 0 Å². The van der Waals surface area contributed by atoms with Crippen molar-refractivity contribution in [2.75, 3.05) is 0 Å². The maximum atomic E-state index is 10.5. The predicted molar refractivity (Wildman–Crippen MR) is 254 cm³/mol. The van der Waals surface area contributed by atoms with E-state index in [1.165, 1.54) is 43.8 Å². The summed E-state index contributed by atoms with van der Waals surface area (Å²) in [7, 11) is 0. The monoisotopic (exact) mass is 796 g/mol. The minimum Gasteiger partial charge on any atom is -0.309 e. The second kappa shape index (κ2) is 14.5. The van der Waals surface area contributed by atoms with Gasteiger partial charge in [0, 0.05) is 49.4 Å². The summed E-state index contributed by atoms with van der Waals surface area (Å²) in [5.74, 6) is 1.74. The molecule has 0 aliphatic rings. The third-order valence-electron chi connectivity index (χ3n) is 12.0. The lowest BCUT2D eigenvalue weighted by molar-refractivity contribution is 1.07.